The van der Waals surface area contributed by atoms with Gasteiger partial charge < -0.3 is 14.2 Å². The van der Waals surface area contributed by atoms with Gasteiger partial charge in [0.25, 0.3) is 0 Å². The van der Waals surface area contributed by atoms with Crippen LogP contribution in [0.15, 0.2) is 72.9 Å². The molecule has 0 aliphatic rings. The normalized spacial score (nSPS) is 12.7. The Balaban J connectivity index is 4.29. The molecule has 0 spiro atoms. The molecule has 0 bridgehead atoms. The summed E-state index contributed by atoms with van der Waals surface area (Å²) in [5.74, 6) is -0.952. The van der Waals surface area contributed by atoms with Gasteiger partial charge in [-0.1, -0.05) is 190 Å². The summed E-state index contributed by atoms with van der Waals surface area (Å²) < 4.78 is 16.6. The van der Waals surface area contributed by atoms with E-state index >= 15 is 0 Å². The maximum atomic E-state index is 12.6. The molecule has 6 nitrogen and oxygen atoms in total. The molecule has 0 saturated heterocycles. The van der Waals surface area contributed by atoms with Crippen LogP contribution in [0.3, 0.4) is 0 Å². The molecule has 0 saturated carbocycles. The first-order valence-electron chi connectivity index (χ1n) is 22.9. The van der Waals surface area contributed by atoms with Gasteiger partial charge in [-0.3, -0.25) is 14.4 Å². The van der Waals surface area contributed by atoms with Crippen LogP contribution >= 0.6 is 0 Å². The third-order valence-corrected chi connectivity index (χ3v) is 9.48. The monoisotopic (exact) mass is 781 g/mol. The van der Waals surface area contributed by atoms with E-state index in [-0.39, 0.29) is 31.1 Å². The molecule has 0 aliphatic carbocycles. The number of esters is 3. The third-order valence-electron chi connectivity index (χ3n) is 9.48. The van der Waals surface area contributed by atoms with Gasteiger partial charge in [0.1, 0.15) is 13.2 Å². The van der Waals surface area contributed by atoms with Gasteiger partial charge >= 0.3 is 17.9 Å². The summed E-state index contributed by atoms with van der Waals surface area (Å²) in [5.41, 5.74) is 0. The maximum Gasteiger partial charge on any atom is 0.306 e. The molecule has 6 heteroatoms. The Hall–Kier alpha value is -3.15. The van der Waals surface area contributed by atoms with E-state index in [1.165, 1.54) is 64.2 Å². The van der Waals surface area contributed by atoms with Gasteiger partial charge in [0.15, 0.2) is 6.10 Å². The van der Waals surface area contributed by atoms with Crippen LogP contribution in [0.1, 0.15) is 207 Å². The number of ether oxygens (including phenoxy) is 3. The third kappa shape index (κ3) is 42.0. The quantitative estimate of drug-likeness (QED) is 0.0267. The van der Waals surface area contributed by atoms with Crippen molar-refractivity contribution in [2.75, 3.05) is 13.2 Å². The average molecular weight is 781 g/mol. The lowest BCUT2D eigenvalue weighted by Gasteiger charge is -2.18. The van der Waals surface area contributed by atoms with Crippen LogP contribution in [0, 0.1) is 0 Å². The van der Waals surface area contributed by atoms with Gasteiger partial charge in [-0.05, 0) is 70.6 Å². The van der Waals surface area contributed by atoms with Crippen molar-refractivity contribution in [3.05, 3.63) is 72.9 Å². The molecule has 0 N–H and O–H groups in total. The van der Waals surface area contributed by atoms with E-state index in [1.54, 1.807) is 0 Å². The number of carbonyl (C=O) groups excluding carboxylic acids is 3. The molecule has 0 aromatic rings. The lowest BCUT2D eigenvalue weighted by atomic mass is 10.0. The van der Waals surface area contributed by atoms with Crippen molar-refractivity contribution >= 4 is 17.9 Å². The first-order chi connectivity index (χ1) is 27.5. The fraction of sp³-hybridized carbons (Fsp3) is 0.700. The van der Waals surface area contributed by atoms with Crippen molar-refractivity contribution in [3.8, 4) is 0 Å². The Morgan fingerprint density at radius 1 is 0.375 bits per heavy atom. The van der Waals surface area contributed by atoms with E-state index in [2.05, 4.69) is 93.7 Å². The van der Waals surface area contributed by atoms with Crippen LogP contribution < -0.4 is 0 Å². The summed E-state index contributed by atoms with van der Waals surface area (Å²) in [4.78, 5) is 37.5. The largest absolute Gasteiger partial charge is 0.462 e. The highest BCUT2D eigenvalue weighted by Crippen LogP contribution is 2.14. The minimum Gasteiger partial charge on any atom is -0.462 e. The molecule has 0 radical (unpaired) electrons. The molecule has 320 valence electrons. The first kappa shape index (κ1) is 52.9. The highest BCUT2D eigenvalue weighted by molar-refractivity contribution is 5.71. The van der Waals surface area contributed by atoms with Crippen molar-refractivity contribution in [1.29, 1.82) is 0 Å². The predicted octanol–water partition coefficient (Wildman–Crippen LogP) is 14.7. The number of hydrogen-bond donors (Lipinski definition) is 0. The van der Waals surface area contributed by atoms with Crippen LogP contribution in [0.4, 0.5) is 0 Å². The Labute approximate surface area is 344 Å². The SMILES string of the molecule is CC/C=C\C/C=C\C/C=C\C/C=C\C/C=C\C/C=C\CCCCC(=O)OCC(COC(=O)CCCCCCC)OC(=O)CCCCCCCCCCCCCC. The van der Waals surface area contributed by atoms with Crippen LogP contribution in [0.25, 0.3) is 0 Å². The predicted molar refractivity (Wildman–Crippen MR) is 238 cm³/mol. The first-order valence-corrected chi connectivity index (χ1v) is 22.9. The number of allylic oxidation sites excluding steroid dienone is 12. The van der Waals surface area contributed by atoms with Crippen molar-refractivity contribution in [3.63, 3.8) is 0 Å². The van der Waals surface area contributed by atoms with Gasteiger partial charge in [-0.2, -0.15) is 0 Å². The molecule has 0 aliphatic heterocycles. The Bertz CT molecular complexity index is 1080. The smallest absolute Gasteiger partial charge is 0.306 e. The van der Waals surface area contributed by atoms with E-state index in [1.807, 2.05) is 0 Å². The lowest BCUT2D eigenvalue weighted by Crippen LogP contribution is -2.30. The highest BCUT2D eigenvalue weighted by Gasteiger charge is 2.19. The number of unbranched alkanes of at least 4 members (excludes halogenated alkanes) is 17. The van der Waals surface area contributed by atoms with Crippen molar-refractivity contribution < 1.29 is 28.6 Å². The summed E-state index contributed by atoms with van der Waals surface area (Å²) >= 11 is 0. The van der Waals surface area contributed by atoms with Crippen molar-refractivity contribution in [1.82, 2.24) is 0 Å². The lowest BCUT2D eigenvalue weighted by molar-refractivity contribution is -0.167. The standard InChI is InChI=1S/C50H84O6/c1-4-7-10-13-15-17-19-21-22-23-24-25-26-27-28-29-31-32-34-37-40-43-49(52)55-46-47(45-54-48(51)42-39-36-12-9-6-3)56-50(53)44-41-38-35-33-30-20-18-16-14-11-8-5-2/h7,10,15,17,21-22,24-25,27-28,31-32,47H,4-6,8-9,11-14,16,18-20,23,26,29-30,33-46H2,1-3H3/b10-7-,17-15-,22-21-,25-24-,28-27-,32-31-. The van der Waals surface area contributed by atoms with Gasteiger partial charge in [-0.15, -0.1) is 0 Å². The summed E-state index contributed by atoms with van der Waals surface area (Å²) in [6.45, 7) is 6.38. The Kier molecular flexibility index (Phi) is 42.1. The van der Waals surface area contributed by atoms with Crippen LogP contribution in [0.5, 0.6) is 0 Å². The van der Waals surface area contributed by atoms with Crippen LogP contribution in [0.2, 0.25) is 0 Å². The summed E-state index contributed by atoms with van der Waals surface area (Å²) in [6.07, 6.45) is 54.9. The fourth-order valence-corrected chi connectivity index (χ4v) is 6.03. The minimum atomic E-state index is -0.785. The number of carbonyl (C=O) groups is 3. The Morgan fingerprint density at radius 3 is 1.09 bits per heavy atom. The van der Waals surface area contributed by atoms with Gasteiger partial charge in [0, 0.05) is 19.3 Å². The van der Waals surface area contributed by atoms with E-state index in [0.717, 1.165) is 103 Å². The van der Waals surface area contributed by atoms with Crippen LogP contribution in [-0.4, -0.2) is 37.2 Å². The zero-order valence-corrected chi connectivity index (χ0v) is 36.4. The van der Waals surface area contributed by atoms with Gasteiger partial charge in [-0.25, -0.2) is 0 Å². The zero-order valence-electron chi connectivity index (χ0n) is 36.4. The summed E-state index contributed by atoms with van der Waals surface area (Å²) in [5, 5.41) is 0. The second kappa shape index (κ2) is 44.6. The molecule has 0 heterocycles. The number of rotatable bonds is 40. The van der Waals surface area contributed by atoms with Crippen LogP contribution in [-0.2, 0) is 28.6 Å². The topological polar surface area (TPSA) is 78.9 Å². The molecule has 1 atom stereocenters. The Morgan fingerprint density at radius 2 is 0.696 bits per heavy atom. The summed E-state index contributed by atoms with van der Waals surface area (Å²) in [6, 6.07) is 0. The maximum absolute atomic E-state index is 12.6. The number of hydrogen-bond acceptors (Lipinski definition) is 6. The van der Waals surface area contributed by atoms with Crippen molar-refractivity contribution in [2.45, 2.75) is 213 Å². The molecule has 0 rings (SSSR count). The van der Waals surface area contributed by atoms with E-state index in [4.69, 9.17) is 14.2 Å². The molecule has 56 heavy (non-hydrogen) atoms. The molecular weight excluding hydrogens is 697 g/mol. The molecule has 0 amide bonds. The second-order valence-electron chi connectivity index (χ2n) is 14.9. The molecule has 0 fully saturated rings. The van der Waals surface area contributed by atoms with E-state index in [9.17, 15) is 14.4 Å². The fourth-order valence-electron chi connectivity index (χ4n) is 6.03. The van der Waals surface area contributed by atoms with E-state index < -0.39 is 6.10 Å². The molecule has 0 aromatic heterocycles. The zero-order chi connectivity index (χ0) is 40.8. The highest BCUT2D eigenvalue weighted by atomic mass is 16.6. The minimum absolute atomic E-state index is 0.0893. The van der Waals surface area contributed by atoms with E-state index in [0.29, 0.717) is 19.3 Å². The van der Waals surface area contributed by atoms with Gasteiger partial charge in [0.2, 0.25) is 0 Å². The molecule has 1 unspecified atom stereocenters. The van der Waals surface area contributed by atoms with Gasteiger partial charge in [0.05, 0.1) is 0 Å². The summed E-state index contributed by atoms with van der Waals surface area (Å²) in [7, 11) is 0. The molecular formula is C50H84O6. The average Bonchev–Trinajstić information content (AvgIpc) is 3.19. The molecule has 0 aromatic carbocycles. The second-order valence-corrected chi connectivity index (χ2v) is 14.9. The van der Waals surface area contributed by atoms with Crippen molar-refractivity contribution in [2.24, 2.45) is 0 Å².